The molecule has 0 amide bonds. The van der Waals surface area contributed by atoms with Crippen LogP contribution in [0.2, 0.25) is 0 Å². The zero-order valence-corrected chi connectivity index (χ0v) is 23.4. The summed E-state index contributed by atoms with van der Waals surface area (Å²) in [5.41, 5.74) is 5.69. The molecule has 5 heterocycles. The SMILES string of the molecule is CN1[C@@H]2CC[C@H]1C=C(c1ccc(Nc3ncc4cc(C5CC5)n(-c5cccc(N=S(C)(C)=O)n5)c4n3)cc1)C2. The number of hydrogen-bond acceptors (Lipinski definition) is 7. The molecular weight excluding hydrogens is 506 g/mol. The van der Waals surface area contributed by atoms with Gasteiger partial charge >= 0.3 is 0 Å². The van der Waals surface area contributed by atoms with Gasteiger partial charge in [-0.25, -0.2) is 14.2 Å². The summed E-state index contributed by atoms with van der Waals surface area (Å²) in [5, 5.41) is 4.37. The van der Waals surface area contributed by atoms with Gasteiger partial charge < -0.3 is 5.32 Å². The van der Waals surface area contributed by atoms with Gasteiger partial charge in [-0.1, -0.05) is 24.3 Å². The van der Waals surface area contributed by atoms with E-state index in [2.05, 4.69) is 67.6 Å². The van der Waals surface area contributed by atoms with Crippen molar-refractivity contribution in [2.45, 2.75) is 50.1 Å². The van der Waals surface area contributed by atoms with Gasteiger partial charge in [0, 0.05) is 57.3 Å². The van der Waals surface area contributed by atoms with E-state index in [9.17, 15) is 4.21 Å². The van der Waals surface area contributed by atoms with Crippen molar-refractivity contribution < 1.29 is 4.21 Å². The normalized spacial score (nSPS) is 21.3. The number of anilines is 2. The lowest BCUT2D eigenvalue weighted by atomic mass is 9.95. The molecule has 1 saturated carbocycles. The van der Waals surface area contributed by atoms with E-state index in [1.54, 1.807) is 18.6 Å². The number of likely N-dealkylation sites (N-methyl/N-ethyl adjacent to an activating group) is 1. The van der Waals surface area contributed by atoms with E-state index in [-0.39, 0.29) is 0 Å². The molecule has 3 aromatic heterocycles. The summed E-state index contributed by atoms with van der Waals surface area (Å²) in [4.78, 5) is 16.8. The number of benzene rings is 1. The lowest BCUT2D eigenvalue weighted by Crippen LogP contribution is -2.34. The number of hydrogen-bond donors (Lipinski definition) is 1. The maximum absolute atomic E-state index is 12.3. The number of pyridine rings is 1. The standard InChI is InChI=1S/C30H33N7OS/c1-36-24-13-14-25(36)16-21(15-24)19-9-11-23(12-10-19)32-30-31-18-22-17-26(20-7-8-20)37(29(22)34-30)28-6-4-5-27(33-28)35-39(2,3)38/h4-6,9-12,15,17-18,20,24-25H,7-8,13-14,16H2,1-3H3,(H,31,32,34)/t24-,25+/m0/s1. The summed E-state index contributed by atoms with van der Waals surface area (Å²) in [6.45, 7) is 0. The van der Waals surface area contributed by atoms with Crippen LogP contribution in [-0.2, 0) is 9.73 Å². The quantitative estimate of drug-likeness (QED) is 0.321. The number of nitrogens with zero attached hydrogens (tertiary/aromatic N) is 6. The fourth-order valence-corrected chi connectivity index (χ4v) is 6.51. The van der Waals surface area contributed by atoms with Gasteiger partial charge in [-0.05, 0) is 86.5 Å². The van der Waals surface area contributed by atoms with Crippen molar-refractivity contribution in [1.82, 2.24) is 24.4 Å². The first-order valence-electron chi connectivity index (χ1n) is 13.6. The number of fused-ring (bicyclic) bond motifs is 3. The Kier molecular flexibility index (Phi) is 5.82. The third-order valence-corrected chi connectivity index (χ3v) is 8.71. The minimum absolute atomic E-state index is 0.464. The molecule has 0 radical (unpaired) electrons. The van der Waals surface area contributed by atoms with Crippen LogP contribution in [0.5, 0.6) is 0 Å². The lowest BCUT2D eigenvalue weighted by molar-refractivity contribution is 0.264. The highest BCUT2D eigenvalue weighted by Crippen LogP contribution is 2.43. The molecule has 7 rings (SSSR count). The molecule has 4 aromatic rings. The molecule has 8 nitrogen and oxygen atoms in total. The van der Waals surface area contributed by atoms with E-state index < -0.39 is 9.73 Å². The largest absolute Gasteiger partial charge is 0.324 e. The molecule has 1 aromatic carbocycles. The third-order valence-electron chi connectivity index (χ3n) is 8.08. The summed E-state index contributed by atoms with van der Waals surface area (Å²) in [5.74, 6) is 2.22. The van der Waals surface area contributed by atoms with Gasteiger partial charge in [0.2, 0.25) is 5.95 Å². The lowest BCUT2D eigenvalue weighted by Gasteiger charge is -2.30. The third kappa shape index (κ3) is 4.85. The van der Waals surface area contributed by atoms with Crippen LogP contribution in [0.1, 0.15) is 49.3 Å². The second kappa shape index (κ2) is 9.27. The Morgan fingerprint density at radius 3 is 2.59 bits per heavy atom. The fourth-order valence-electron chi connectivity index (χ4n) is 5.96. The van der Waals surface area contributed by atoms with Crippen molar-refractivity contribution in [2.24, 2.45) is 4.36 Å². The zero-order chi connectivity index (χ0) is 26.7. The first kappa shape index (κ1) is 24.5. The van der Waals surface area contributed by atoms with E-state index in [4.69, 9.17) is 9.97 Å². The smallest absolute Gasteiger partial charge is 0.229 e. The molecular formula is C30H33N7OS. The molecule has 1 N–H and O–H groups in total. The molecule has 200 valence electrons. The van der Waals surface area contributed by atoms with Crippen molar-refractivity contribution in [2.75, 3.05) is 24.9 Å². The van der Waals surface area contributed by atoms with E-state index >= 15 is 0 Å². The van der Waals surface area contributed by atoms with Gasteiger partial charge in [-0.3, -0.25) is 9.47 Å². The van der Waals surface area contributed by atoms with Crippen LogP contribution in [0.25, 0.3) is 22.4 Å². The van der Waals surface area contributed by atoms with Crippen LogP contribution in [0.15, 0.2) is 65.2 Å². The molecule has 2 fully saturated rings. The monoisotopic (exact) mass is 539 g/mol. The second-order valence-electron chi connectivity index (χ2n) is 11.3. The molecule has 2 bridgehead atoms. The summed E-state index contributed by atoms with van der Waals surface area (Å²) in [6, 6.07) is 17.7. The van der Waals surface area contributed by atoms with Crippen LogP contribution in [0.3, 0.4) is 0 Å². The summed E-state index contributed by atoms with van der Waals surface area (Å²) in [7, 11) is -0.0642. The maximum atomic E-state index is 12.3. The molecule has 0 unspecified atom stereocenters. The molecule has 3 aliphatic rings. The van der Waals surface area contributed by atoms with Crippen molar-refractivity contribution in [3.63, 3.8) is 0 Å². The van der Waals surface area contributed by atoms with Crippen LogP contribution < -0.4 is 5.32 Å². The van der Waals surface area contributed by atoms with E-state index in [0.717, 1.165) is 41.8 Å². The molecule has 1 aliphatic carbocycles. The number of aromatic nitrogens is 4. The Morgan fingerprint density at radius 1 is 1.03 bits per heavy atom. The van der Waals surface area contributed by atoms with Gasteiger partial charge in [-0.15, -0.1) is 0 Å². The van der Waals surface area contributed by atoms with Gasteiger partial charge in [0.1, 0.15) is 5.82 Å². The molecule has 39 heavy (non-hydrogen) atoms. The van der Waals surface area contributed by atoms with E-state index in [0.29, 0.717) is 29.8 Å². The minimum Gasteiger partial charge on any atom is -0.324 e. The molecule has 2 atom stereocenters. The topological polar surface area (TPSA) is 88.3 Å². The summed E-state index contributed by atoms with van der Waals surface area (Å²) in [6.07, 6.45) is 13.5. The van der Waals surface area contributed by atoms with Crippen LogP contribution in [0.4, 0.5) is 17.5 Å². The van der Waals surface area contributed by atoms with Crippen molar-refractivity contribution in [1.29, 1.82) is 0 Å². The summed E-state index contributed by atoms with van der Waals surface area (Å²) < 4.78 is 18.7. The molecule has 0 spiro atoms. The van der Waals surface area contributed by atoms with Gasteiger partial charge in [0.05, 0.1) is 0 Å². The predicted octanol–water partition coefficient (Wildman–Crippen LogP) is 6.05. The second-order valence-corrected chi connectivity index (χ2v) is 13.9. The highest BCUT2D eigenvalue weighted by molar-refractivity contribution is 7.92. The number of nitrogens with one attached hydrogen (secondary N) is 1. The molecule has 1 saturated heterocycles. The molecule has 2 aliphatic heterocycles. The van der Waals surface area contributed by atoms with Crippen LogP contribution in [0, 0.1) is 0 Å². The Balaban J connectivity index is 1.20. The Morgan fingerprint density at radius 2 is 1.85 bits per heavy atom. The minimum atomic E-state index is -2.31. The van der Waals surface area contributed by atoms with E-state index in [1.165, 1.54) is 29.7 Å². The van der Waals surface area contributed by atoms with Crippen LogP contribution in [-0.4, -0.2) is 60.3 Å². The predicted molar refractivity (Wildman–Crippen MR) is 158 cm³/mol. The highest BCUT2D eigenvalue weighted by atomic mass is 32.2. The fraction of sp³-hybridized carbons (Fsp3) is 0.367. The van der Waals surface area contributed by atoms with Gasteiger partial charge in [0.15, 0.2) is 11.5 Å². The van der Waals surface area contributed by atoms with Gasteiger partial charge in [-0.2, -0.15) is 9.35 Å². The number of rotatable bonds is 6. The van der Waals surface area contributed by atoms with E-state index in [1.807, 2.05) is 18.3 Å². The van der Waals surface area contributed by atoms with Crippen molar-refractivity contribution >= 4 is 43.8 Å². The first-order chi connectivity index (χ1) is 18.8. The highest BCUT2D eigenvalue weighted by Gasteiger charge is 2.34. The Bertz CT molecular complexity index is 1720. The Hall–Kier alpha value is -3.56. The molecule has 9 heteroatoms. The summed E-state index contributed by atoms with van der Waals surface area (Å²) >= 11 is 0. The van der Waals surface area contributed by atoms with Crippen LogP contribution >= 0.6 is 0 Å². The average Bonchev–Trinajstić information content (AvgIpc) is 3.65. The van der Waals surface area contributed by atoms with Gasteiger partial charge in [0.25, 0.3) is 0 Å². The first-order valence-corrected chi connectivity index (χ1v) is 16.0. The Labute approximate surface area is 229 Å². The average molecular weight is 540 g/mol. The maximum Gasteiger partial charge on any atom is 0.229 e. The zero-order valence-electron chi connectivity index (χ0n) is 22.5. The van der Waals surface area contributed by atoms with Crippen molar-refractivity contribution in [3.05, 3.63) is 72.1 Å². The van der Waals surface area contributed by atoms with Crippen molar-refractivity contribution in [3.8, 4) is 5.82 Å².